The van der Waals surface area contributed by atoms with Crippen molar-refractivity contribution in [3.05, 3.63) is 77.9 Å². The first-order chi connectivity index (χ1) is 18.7. The number of sulfonamides is 1. The van der Waals surface area contributed by atoms with Crippen LogP contribution in [0.3, 0.4) is 0 Å². The molecule has 3 aromatic rings. The van der Waals surface area contributed by atoms with Crippen molar-refractivity contribution in [1.82, 2.24) is 10.0 Å². The third-order valence-electron chi connectivity index (χ3n) is 5.65. The highest BCUT2D eigenvalue weighted by Crippen LogP contribution is 2.26. The number of fused-ring (bicyclic) bond motifs is 1. The topological polar surface area (TPSA) is 182 Å². The van der Waals surface area contributed by atoms with Gasteiger partial charge in [-0.3, -0.25) is 9.59 Å². The molecule has 0 heterocycles. The van der Waals surface area contributed by atoms with E-state index in [-0.39, 0.29) is 24.3 Å². The number of hydrogen-bond acceptors (Lipinski definition) is 6. The number of carbonyl (C=O) groups is 3. The molecule has 0 aromatic heterocycles. The normalized spacial score (nSPS) is 13.0. The molecule has 2 amide bonds. The van der Waals surface area contributed by atoms with E-state index in [1.807, 2.05) is 49.4 Å². The quantitative estimate of drug-likeness (QED) is 0.242. The molecule has 0 spiro atoms. The van der Waals surface area contributed by atoms with Crippen LogP contribution >= 0.6 is 0 Å². The van der Waals surface area contributed by atoms with Crippen molar-refractivity contribution in [3.63, 3.8) is 0 Å². The van der Waals surface area contributed by atoms with Crippen molar-refractivity contribution in [1.29, 1.82) is 0 Å². The van der Waals surface area contributed by atoms with Crippen molar-refractivity contribution < 1.29 is 41.1 Å². The van der Waals surface area contributed by atoms with Gasteiger partial charge in [0, 0.05) is 11.8 Å². The lowest BCUT2D eigenvalue weighted by atomic mass is 10.0. The summed E-state index contributed by atoms with van der Waals surface area (Å²) in [6, 6.07) is 17.3. The zero-order valence-corrected chi connectivity index (χ0v) is 22.1. The van der Waals surface area contributed by atoms with Crippen LogP contribution < -0.4 is 21.5 Å². The zero-order chi connectivity index (χ0) is 30.1. The number of carbonyl (C=O) groups excluding carboxylic acids is 2. The summed E-state index contributed by atoms with van der Waals surface area (Å²) in [5, 5.41) is 11.1. The van der Waals surface area contributed by atoms with Gasteiger partial charge in [0.2, 0.25) is 21.8 Å². The van der Waals surface area contributed by atoms with E-state index in [1.54, 1.807) is 18.2 Å². The van der Waals surface area contributed by atoms with Crippen molar-refractivity contribution in [2.45, 2.75) is 42.9 Å². The highest BCUT2D eigenvalue weighted by Gasteiger charge is 2.38. The maximum atomic E-state index is 13.2. The minimum absolute atomic E-state index is 0.0473. The molecular weight excluding hydrogens is 553 g/mol. The maximum absolute atomic E-state index is 13.2. The van der Waals surface area contributed by atoms with E-state index in [0.717, 1.165) is 16.5 Å². The van der Waals surface area contributed by atoms with Gasteiger partial charge < -0.3 is 21.9 Å². The van der Waals surface area contributed by atoms with E-state index >= 15 is 0 Å². The first-order valence-corrected chi connectivity index (χ1v) is 13.3. The molecule has 2 atom stereocenters. The number of nitrogens with two attached hydrogens (primary N) is 2. The molecule has 7 N–H and O–H groups in total. The second-order valence-electron chi connectivity index (χ2n) is 8.63. The maximum Gasteiger partial charge on any atom is 0.490 e. The summed E-state index contributed by atoms with van der Waals surface area (Å²) in [5.74, 6) is -4.14. The molecule has 0 saturated heterocycles. The molecule has 3 aromatic carbocycles. The highest BCUT2D eigenvalue weighted by molar-refractivity contribution is 7.89. The van der Waals surface area contributed by atoms with Crippen molar-refractivity contribution in [2.24, 2.45) is 11.5 Å². The predicted molar refractivity (Wildman–Crippen MR) is 141 cm³/mol. The van der Waals surface area contributed by atoms with E-state index in [0.29, 0.717) is 5.39 Å². The Balaban J connectivity index is 0.000000708. The first kappa shape index (κ1) is 32.2. The molecule has 216 valence electrons. The fraction of sp³-hybridized carbons (Fsp3) is 0.269. The Hall–Kier alpha value is -4.01. The standard InChI is InChI=1S/C24H28N4O4S.C2HF3O2/c1-16-11-12-22(19-10-6-5-9-18(16)19)33(31,32)28-20(13-14-25)24(30)27-21(23(26)29)15-17-7-3-2-4-8-17;3-2(4,5)1(6)7/h2-12,20-21,28H,13-15,25H2,1H3,(H2,26,29)(H,27,30);(H,6,7)/t20-,21-;/m0./s1. The van der Waals surface area contributed by atoms with Crippen molar-refractivity contribution in [3.8, 4) is 0 Å². The molecule has 0 aliphatic carbocycles. The Bertz CT molecular complexity index is 1450. The number of amides is 2. The molecule has 0 aliphatic rings. The second-order valence-corrected chi connectivity index (χ2v) is 10.3. The SMILES string of the molecule is Cc1ccc(S(=O)(=O)N[C@@H](CCN)C(=O)N[C@@H](Cc2ccccc2)C(N)=O)c2ccccc12.O=C(O)C(F)(F)F. The highest BCUT2D eigenvalue weighted by atomic mass is 32.2. The average molecular weight is 583 g/mol. The molecule has 0 aliphatic heterocycles. The fourth-order valence-corrected chi connectivity index (χ4v) is 5.10. The van der Waals surface area contributed by atoms with Crippen LogP contribution in [0.15, 0.2) is 71.6 Å². The minimum Gasteiger partial charge on any atom is -0.475 e. The molecule has 0 fully saturated rings. The van der Waals surface area contributed by atoms with Crippen LogP contribution in [-0.4, -0.2) is 56.1 Å². The first-order valence-electron chi connectivity index (χ1n) is 11.8. The third kappa shape index (κ3) is 9.03. The number of nitrogens with one attached hydrogen (secondary N) is 2. The number of halogens is 3. The molecule has 3 rings (SSSR count). The summed E-state index contributed by atoms with van der Waals surface area (Å²) >= 11 is 0. The Kier molecular flexibility index (Phi) is 11.2. The number of rotatable bonds is 10. The number of carboxylic acid groups (broad SMARTS) is 1. The van der Waals surface area contributed by atoms with Gasteiger partial charge in [0.15, 0.2) is 0 Å². The van der Waals surface area contributed by atoms with Gasteiger partial charge in [0.25, 0.3) is 0 Å². The lowest BCUT2D eigenvalue weighted by Crippen LogP contribution is -2.54. The van der Waals surface area contributed by atoms with Crippen LogP contribution in [-0.2, 0) is 30.8 Å². The van der Waals surface area contributed by atoms with Gasteiger partial charge in [-0.2, -0.15) is 17.9 Å². The van der Waals surface area contributed by atoms with Gasteiger partial charge >= 0.3 is 12.1 Å². The number of hydrogen-bond donors (Lipinski definition) is 5. The van der Waals surface area contributed by atoms with E-state index in [4.69, 9.17) is 21.4 Å². The Labute approximate surface area is 228 Å². The number of aliphatic carboxylic acids is 1. The van der Waals surface area contributed by atoms with E-state index in [2.05, 4.69) is 10.0 Å². The average Bonchev–Trinajstić information content (AvgIpc) is 2.88. The largest absolute Gasteiger partial charge is 0.490 e. The van der Waals surface area contributed by atoms with Crippen LogP contribution in [0.2, 0.25) is 0 Å². The predicted octanol–water partition coefficient (Wildman–Crippen LogP) is 1.99. The second kappa shape index (κ2) is 13.9. The van der Waals surface area contributed by atoms with Crippen LogP contribution in [0, 0.1) is 6.92 Å². The zero-order valence-electron chi connectivity index (χ0n) is 21.3. The number of carboxylic acids is 1. The molecule has 0 saturated carbocycles. The molecule has 40 heavy (non-hydrogen) atoms. The fourth-order valence-electron chi connectivity index (χ4n) is 3.66. The van der Waals surface area contributed by atoms with Gasteiger partial charge in [-0.1, -0.05) is 60.7 Å². The van der Waals surface area contributed by atoms with E-state index in [1.165, 1.54) is 6.07 Å². The van der Waals surface area contributed by atoms with Crippen LogP contribution in [0.25, 0.3) is 10.8 Å². The molecule has 10 nitrogen and oxygen atoms in total. The number of alkyl halides is 3. The number of primary amides is 1. The molecule has 0 unspecified atom stereocenters. The summed E-state index contributed by atoms with van der Waals surface area (Å²) < 4.78 is 60.7. The Morgan fingerprint density at radius 1 is 0.925 bits per heavy atom. The summed E-state index contributed by atoms with van der Waals surface area (Å²) in [6.45, 7) is 1.96. The van der Waals surface area contributed by atoms with Crippen LogP contribution in [0.1, 0.15) is 17.5 Å². The summed E-state index contributed by atoms with van der Waals surface area (Å²) in [6.07, 6.45) is -4.85. The van der Waals surface area contributed by atoms with Crippen molar-refractivity contribution >= 4 is 38.6 Å². The lowest BCUT2D eigenvalue weighted by molar-refractivity contribution is -0.192. The molecule has 0 radical (unpaired) electrons. The van der Waals surface area contributed by atoms with Crippen LogP contribution in [0.5, 0.6) is 0 Å². The molecule has 0 bridgehead atoms. The van der Waals surface area contributed by atoms with E-state index in [9.17, 15) is 31.2 Å². The summed E-state index contributed by atoms with van der Waals surface area (Å²) in [7, 11) is -4.07. The monoisotopic (exact) mass is 582 g/mol. The van der Waals surface area contributed by atoms with Gasteiger partial charge in [0.1, 0.15) is 12.1 Å². The van der Waals surface area contributed by atoms with E-state index < -0.39 is 46.1 Å². The van der Waals surface area contributed by atoms with Gasteiger partial charge in [-0.05, 0) is 42.5 Å². The lowest BCUT2D eigenvalue weighted by Gasteiger charge is -2.22. The smallest absolute Gasteiger partial charge is 0.475 e. The van der Waals surface area contributed by atoms with Gasteiger partial charge in [-0.25, -0.2) is 13.2 Å². The summed E-state index contributed by atoms with van der Waals surface area (Å²) in [4.78, 5) is 33.9. The third-order valence-corrected chi connectivity index (χ3v) is 7.18. The molecule has 14 heteroatoms. The van der Waals surface area contributed by atoms with Gasteiger partial charge in [0.05, 0.1) is 4.90 Å². The minimum atomic E-state index is -5.08. The van der Waals surface area contributed by atoms with Crippen LogP contribution in [0.4, 0.5) is 13.2 Å². The molecular formula is C26H29F3N4O6S. The Morgan fingerprint density at radius 2 is 1.48 bits per heavy atom. The number of benzene rings is 3. The number of aryl methyl sites for hydroxylation is 1. The summed E-state index contributed by atoms with van der Waals surface area (Å²) in [5.41, 5.74) is 12.9. The van der Waals surface area contributed by atoms with Crippen molar-refractivity contribution in [2.75, 3.05) is 6.54 Å². The Morgan fingerprint density at radius 3 is 2.00 bits per heavy atom. The van der Waals surface area contributed by atoms with Gasteiger partial charge in [-0.15, -0.1) is 0 Å².